The molecule has 0 aliphatic rings. The van der Waals surface area contributed by atoms with Crippen LogP contribution in [0.2, 0.25) is 0 Å². The van der Waals surface area contributed by atoms with Gasteiger partial charge < -0.3 is 17.3 Å². The number of halogens is 4. The summed E-state index contributed by atoms with van der Waals surface area (Å²) in [6.07, 6.45) is 5.94. The third-order valence-electron chi connectivity index (χ3n) is 0.402. The van der Waals surface area contributed by atoms with Crippen molar-refractivity contribution >= 4 is 28.9 Å². The first-order valence-electron chi connectivity index (χ1n) is 2.84. The quantitative estimate of drug-likeness (QED) is 0.396. The van der Waals surface area contributed by atoms with E-state index in [-0.39, 0.29) is 0 Å². The van der Waals surface area contributed by atoms with Crippen LogP contribution in [0.15, 0.2) is 0 Å². The summed E-state index contributed by atoms with van der Waals surface area (Å²) in [5.74, 6) is 0. The van der Waals surface area contributed by atoms with Gasteiger partial charge in [0.2, 0.25) is 0 Å². The lowest BCUT2D eigenvalue weighted by Crippen LogP contribution is -2.05. The Morgan fingerprint density at radius 1 is 1.25 bits per heavy atom. The van der Waals surface area contributed by atoms with Gasteiger partial charge in [-0.05, 0) is 10.9 Å². The van der Waals surface area contributed by atoms with Gasteiger partial charge in [-0.1, -0.05) is 0 Å². The Morgan fingerprint density at radius 3 is 1.50 bits per heavy atom. The van der Waals surface area contributed by atoms with E-state index in [1.165, 1.54) is 0 Å². The maximum Gasteiger partial charge on any atom is 0.673 e. The van der Waals surface area contributed by atoms with Crippen molar-refractivity contribution in [3.05, 3.63) is 0 Å². The van der Waals surface area contributed by atoms with E-state index in [2.05, 4.69) is 12.5 Å². The molecule has 0 aromatic carbocycles. The van der Waals surface area contributed by atoms with E-state index < -0.39 is 18.1 Å². The molecular formula is C4H11BF4OS2. The van der Waals surface area contributed by atoms with E-state index in [1.807, 2.05) is 0 Å². The normalized spacial score (nSPS) is 13.7. The summed E-state index contributed by atoms with van der Waals surface area (Å²) >= 11 is 0. The van der Waals surface area contributed by atoms with Gasteiger partial charge in [-0.3, -0.25) is 4.21 Å². The first kappa shape index (κ1) is 14.8. The maximum absolute atomic E-state index is 10.4. The molecule has 0 saturated carbocycles. The van der Waals surface area contributed by atoms with Gasteiger partial charge in [0, 0.05) is 6.26 Å². The molecule has 76 valence electrons. The van der Waals surface area contributed by atoms with E-state index >= 15 is 0 Å². The fraction of sp³-hybridized carbons (Fsp3) is 1.00. The van der Waals surface area contributed by atoms with Crippen molar-refractivity contribution < 1.29 is 21.5 Å². The highest BCUT2D eigenvalue weighted by atomic mass is 32.3. The molecule has 0 radical (unpaired) electrons. The summed E-state index contributed by atoms with van der Waals surface area (Å²) in [5.41, 5.74) is 0. The molecule has 0 N–H and O–H groups in total. The Hall–Kier alpha value is 0.285. The molecule has 0 saturated heterocycles. The van der Waals surface area contributed by atoms with Crippen LogP contribution in [0, 0.1) is 0 Å². The van der Waals surface area contributed by atoms with Crippen molar-refractivity contribution in [2.45, 2.75) is 0 Å². The lowest BCUT2D eigenvalue weighted by atomic mass is 10.3. The highest BCUT2D eigenvalue weighted by Gasteiger charge is 2.20. The SMILES string of the molecule is CS(=O)C[S+](C)C.F[B-](F)(F)F. The molecule has 0 spiro atoms. The fourth-order valence-corrected chi connectivity index (χ4v) is 2.99. The standard InChI is InChI=1S/C4H11OS2.BF4/c1-6(2)4-7(3)5;2-1(3,4)5/h4H2,1-3H3;/q+1;-1. The molecular weight excluding hydrogens is 215 g/mol. The second-order valence-electron chi connectivity index (χ2n) is 2.17. The highest BCUT2D eigenvalue weighted by Crippen LogP contribution is 2.06. The summed E-state index contributed by atoms with van der Waals surface area (Å²) in [6, 6.07) is 0. The van der Waals surface area contributed by atoms with Gasteiger partial charge in [0.05, 0.1) is 23.3 Å². The molecule has 0 aliphatic heterocycles. The number of hydrogen-bond acceptors (Lipinski definition) is 1. The zero-order valence-electron chi connectivity index (χ0n) is 7.02. The number of hydrogen-bond donors (Lipinski definition) is 0. The van der Waals surface area contributed by atoms with Gasteiger partial charge in [-0.25, -0.2) is 0 Å². The van der Waals surface area contributed by atoms with Crippen LogP contribution in [0.25, 0.3) is 0 Å². The van der Waals surface area contributed by atoms with Crippen molar-refractivity contribution in [3.63, 3.8) is 0 Å². The molecule has 1 unspecified atom stereocenters. The van der Waals surface area contributed by atoms with Crippen molar-refractivity contribution in [1.29, 1.82) is 0 Å². The molecule has 0 rings (SSSR count). The molecule has 0 fully saturated rings. The van der Waals surface area contributed by atoms with Gasteiger partial charge in [0.25, 0.3) is 0 Å². The first-order valence-corrected chi connectivity index (χ1v) is 6.78. The van der Waals surface area contributed by atoms with Crippen molar-refractivity contribution in [2.24, 2.45) is 0 Å². The summed E-state index contributed by atoms with van der Waals surface area (Å²) in [7, 11) is -6.23. The van der Waals surface area contributed by atoms with Crippen molar-refractivity contribution in [2.75, 3.05) is 23.9 Å². The van der Waals surface area contributed by atoms with Gasteiger partial charge in [-0.15, -0.1) is 0 Å². The van der Waals surface area contributed by atoms with Crippen LogP contribution in [0.5, 0.6) is 0 Å². The molecule has 0 amide bonds. The third kappa shape index (κ3) is 48.3. The summed E-state index contributed by atoms with van der Waals surface area (Å²) in [6.45, 7) is 0. The van der Waals surface area contributed by atoms with Crippen LogP contribution in [0.1, 0.15) is 0 Å². The van der Waals surface area contributed by atoms with E-state index in [4.69, 9.17) is 0 Å². The molecule has 0 aliphatic carbocycles. The van der Waals surface area contributed by atoms with Gasteiger partial charge in [-0.2, -0.15) is 0 Å². The Labute approximate surface area is 74.8 Å². The van der Waals surface area contributed by atoms with Crippen LogP contribution in [-0.2, 0) is 21.7 Å². The minimum absolute atomic E-state index is 0.354. The van der Waals surface area contributed by atoms with Gasteiger partial charge in [0.15, 0.2) is 5.08 Å². The van der Waals surface area contributed by atoms with E-state index in [0.717, 1.165) is 5.08 Å². The van der Waals surface area contributed by atoms with Crippen LogP contribution in [-0.4, -0.2) is 35.3 Å². The lowest BCUT2D eigenvalue weighted by molar-refractivity contribution is 0.368. The topological polar surface area (TPSA) is 17.1 Å². The molecule has 0 heterocycles. The Balaban J connectivity index is 0. The smallest absolute Gasteiger partial charge is 0.418 e. The highest BCUT2D eigenvalue weighted by molar-refractivity contribution is 8.07. The van der Waals surface area contributed by atoms with Gasteiger partial charge in [0.1, 0.15) is 0 Å². The predicted molar refractivity (Wildman–Crippen MR) is 48.3 cm³/mol. The van der Waals surface area contributed by atoms with Crippen LogP contribution in [0.4, 0.5) is 17.3 Å². The monoisotopic (exact) mass is 226 g/mol. The molecule has 1 nitrogen and oxygen atoms in total. The summed E-state index contributed by atoms with van der Waals surface area (Å²) < 4.78 is 49.4. The van der Waals surface area contributed by atoms with E-state index in [1.54, 1.807) is 6.26 Å². The fourth-order valence-electron chi connectivity index (χ4n) is 0.332. The van der Waals surface area contributed by atoms with Crippen LogP contribution in [0.3, 0.4) is 0 Å². The zero-order chi connectivity index (χ0) is 10.4. The predicted octanol–water partition coefficient (Wildman–Crippen LogP) is 1.50. The van der Waals surface area contributed by atoms with Crippen molar-refractivity contribution in [1.82, 2.24) is 0 Å². The minimum Gasteiger partial charge on any atom is -0.418 e. The Bertz CT molecular complexity index is 132. The third-order valence-corrected chi connectivity index (χ3v) is 3.61. The summed E-state index contributed by atoms with van der Waals surface area (Å²) in [4.78, 5) is 0. The lowest BCUT2D eigenvalue weighted by Gasteiger charge is -1.94. The average molecular weight is 226 g/mol. The minimum atomic E-state index is -6.00. The Kier molecular flexibility index (Phi) is 8.34. The van der Waals surface area contributed by atoms with Crippen LogP contribution < -0.4 is 0 Å². The largest absolute Gasteiger partial charge is 0.673 e. The molecule has 12 heavy (non-hydrogen) atoms. The zero-order valence-corrected chi connectivity index (χ0v) is 8.65. The molecule has 0 aromatic rings. The maximum atomic E-state index is 10.4. The van der Waals surface area contributed by atoms with E-state index in [9.17, 15) is 21.5 Å². The van der Waals surface area contributed by atoms with Crippen molar-refractivity contribution in [3.8, 4) is 0 Å². The molecule has 0 bridgehead atoms. The Morgan fingerprint density at radius 2 is 1.50 bits per heavy atom. The molecule has 8 heteroatoms. The molecule has 0 aromatic heterocycles. The van der Waals surface area contributed by atoms with Crippen LogP contribution >= 0.6 is 0 Å². The second-order valence-corrected chi connectivity index (χ2v) is 6.23. The second kappa shape index (κ2) is 6.76. The number of rotatable bonds is 2. The first-order chi connectivity index (χ1) is 5.13. The summed E-state index contributed by atoms with van der Waals surface area (Å²) in [5, 5.41) is 0.861. The average Bonchev–Trinajstić information content (AvgIpc) is 1.52. The van der Waals surface area contributed by atoms with E-state index in [0.29, 0.717) is 10.9 Å². The van der Waals surface area contributed by atoms with Gasteiger partial charge >= 0.3 is 7.25 Å². The molecule has 1 atom stereocenters.